The maximum absolute atomic E-state index is 5.65. The highest BCUT2D eigenvalue weighted by molar-refractivity contribution is 9.10. The van der Waals surface area contributed by atoms with E-state index in [1.165, 1.54) is 0 Å². The molecule has 0 saturated heterocycles. The predicted octanol–water partition coefficient (Wildman–Crippen LogP) is 2.27. The van der Waals surface area contributed by atoms with Gasteiger partial charge in [-0.05, 0) is 22.4 Å². The Morgan fingerprint density at radius 2 is 2.45 bits per heavy atom. The van der Waals surface area contributed by atoms with Crippen LogP contribution in [0, 0.1) is 0 Å². The van der Waals surface area contributed by atoms with Gasteiger partial charge in [-0.15, -0.1) is 12.4 Å². The van der Waals surface area contributed by atoms with Gasteiger partial charge in [0.15, 0.2) is 5.76 Å². The SMILES string of the molecule is CC[C@H](N)c1cc(Br)no1.Cl. The van der Waals surface area contributed by atoms with Crippen LogP contribution in [0.5, 0.6) is 0 Å². The molecule has 0 amide bonds. The molecule has 0 aromatic carbocycles. The summed E-state index contributed by atoms with van der Waals surface area (Å²) in [6, 6.07) is 1.76. The molecule has 64 valence electrons. The fourth-order valence-electron chi connectivity index (χ4n) is 0.642. The van der Waals surface area contributed by atoms with Crippen LogP contribution in [0.15, 0.2) is 15.2 Å². The quantitative estimate of drug-likeness (QED) is 0.864. The molecule has 0 bridgehead atoms. The highest BCUT2D eigenvalue weighted by Gasteiger charge is 2.08. The molecule has 1 heterocycles. The standard InChI is InChI=1S/C6H9BrN2O.ClH/c1-2-4(8)5-3-6(7)9-10-5;/h3-4H,2,8H2,1H3;1H/t4-;/m0./s1. The Morgan fingerprint density at radius 1 is 1.82 bits per heavy atom. The number of hydrogen-bond acceptors (Lipinski definition) is 3. The predicted molar refractivity (Wildman–Crippen MR) is 48.7 cm³/mol. The maximum atomic E-state index is 5.65. The lowest BCUT2D eigenvalue weighted by molar-refractivity contribution is 0.356. The van der Waals surface area contributed by atoms with E-state index in [9.17, 15) is 0 Å². The molecule has 0 spiro atoms. The van der Waals surface area contributed by atoms with Gasteiger partial charge in [-0.25, -0.2) is 0 Å². The summed E-state index contributed by atoms with van der Waals surface area (Å²) in [5, 5.41) is 3.65. The molecule has 3 nitrogen and oxygen atoms in total. The Labute approximate surface area is 79.9 Å². The topological polar surface area (TPSA) is 52.0 Å². The molecular formula is C6H10BrClN2O. The van der Waals surface area contributed by atoms with Crippen LogP contribution >= 0.6 is 28.3 Å². The van der Waals surface area contributed by atoms with Crippen LogP contribution in [-0.2, 0) is 0 Å². The van der Waals surface area contributed by atoms with Crippen molar-refractivity contribution in [2.45, 2.75) is 19.4 Å². The summed E-state index contributed by atoms with van der Waals surface area (Å²) < 4.78 is 5.60. The maximum Gasteiger partial charge on any atom is 0.154 e. The van der Waals surface area contributed by atoms with Gasteiger partial charge in [0.05, 0.1) is 6.04 Å². The number of nitrogens with two attached hydrogens (primary N) is 1. The van der Waals surface area contributed by atoms with Crippen LogP contribution in [0.1, 0.15) is 25.1 Å². The highest BCUT2D eigenvalue weighted by Crippen LogP contribution is 2.17. The van der Waals surface area contributed by atoms with Crippen LogP contribution in [-0.4, -0.2) is 5.16 Å². The minimum Gasteiger partial charge on any atom is -0.359 e. The molecule has 1 rings (SSSR count). The van der Waals surface area contributed by atoms with Crippen LogP contribution in [0.2, 0.25) is 0 Å². The van der Waals surface area contributed by atoms with Gasteiger partial charge in [0.2, 0.25) is 0 Å². The summed E-state index contributed by atoms with van der Waals surface area (Å²) in [6.45, 7) is 2.00. The van der Waals surface area contributed by atoms with E-state index in [1.54, 1.807) is 6.07 Å². The number of hydrogen-bond donors (Lipinski definition) is 1. The number of rotatable bonds is 2. The van der Waals surface area contributed by atoms with E-state index in [0.717, 1.165) is 12.2 Å². The Balaban J connectivity index is 0.000001000. The molecule has 1 atom stereocenters. The van der Waals surface area contributed by atoms with Crippen molar-refractivity contribution in [1.82, 2.24) is 5.16 Å². The van der Waals surface area contributed by atoms with Gasteiger partial charge in [-0.3, -0.25) is 0 Å². The van der Waals surface area contributed by atoms with Crippen molar-refractivity contribution in [3.63, 3.8) is 0 Å². The average Bonchev–Trinajstić information content (AvgIpc) is 2.34. The first-order valence-corrected chi connectivity index (χ1v) is 3.91. The fourth-order valence-corrected chi connectivity index (χ4v) is 0.940. The van der Waals surface area contributed by atoms with E-state index >= 15 is 0 Å². The summed E-state index contributed by atoms with van der Waals surface area (Å²) in [5.41, 5.74) is 5.65. The minimum atomic E-state index is -0.0289. The summed E-state index contributed by atoms with van der Waals surface area (Å²) in [5.74, 6) is 0.731. The summed E-state index contributed by atoms with van der Waals surface area (Å²) in [7, 11) is 0. The second-order valence-corrected chi connectivity index (χ2v) is 2.88. The minimum absolute atomic E-state index is 0. The Morgan fingerprint density at radius 3 is 2.82 bits per heavy atom. The molecule has 0 aliphatic heterocycles. The van der Waals surface area contributed by atoms with Crippen molar-refractivity contribution in [3.8, 4) is 0 Å². The highest BCUT2D eigenvalue weighted by atomic mass is 79.9. The van der Waals surface area contributed by atoms with Gasteiger partial charge in [0.25, 0.3) is 0 Å². The van der Waals surface area contributed by atoms with Crippen LogP contribution < -0.4 is 5.73 Å². The fraction of sp³-hybridized carbons (Fsp3) is 0.500. The van der Waals surface area contributed by atoms with Gasteiger partial charge >= 0.3 is 0 Å². The lowest BCUT2D eigenvalue weighted by atomic mass is 10.2. The van der Waals surface area contributed by atoms with Crippen molar-refractivity contribution in [2.24, 2.45) is 5.73 Å². The van der Waals surface area contributed by atoms with Gasteiger partial charge in [0, 0.05) is 6.07 Å². The average molecular weight is 242 g/mol. The molecule has 5 heteroatoms. The van der Waals surface area contributed by atoms with Crippen LogP contribution in [0.3, 0.4) is 0 Å². The monoisotopic (exact) mass is 240 g/mol. The van der Waals surface area contributed by atoms with Crippen molar-refractivity contribution < 1.29 is 4.52 Å². The zero-order valence-electron chi connectivity index (χ0n) is 6.08. The lowest BCUT2D eigenvalue weighted by Gasteiger charge is -2.00. The van der Waals surface area contributed by atoms with Gasteiger partial charge < -0.3 is 10.3 Å². The number of halogens is 2. The summed E-state index contributed by atoms with van der Waals surface area (Å²) in [6.07, 6.45) is 0.863. The van der Waals surface area contributed by atoms with Crippen molar-refractivity contribution in [3.05, 3.63) is 16.4 Å². The van der Waals surface area contributed by atoms with Gasteiger partial charge in [-0.1, -0.05) is 12.1 Å². The van der Waals surface area contributed by atoms with Crippen LogP contribution in [0.4, 0.5) is 0 Å². The van der Waals surface area contributed by atoms with Crippen molar-refractivity contribution in [1.29, 1.82) is 0 Å². The summed E-state index contributed by atoms with van der Waals surface area (Å²) in [4.78, 5) is 0. The van der Waals surface area contributed by atoms with Crippen LogP contribution in [0.25, 0.3) is 0 Å². The van der Waals surface area contributed by atoms with E-state index in [4.69, 9.17) is 10.3 Å². The molecule has 0 fully saturated rings. The molecule has 11 heavy (non-hydrogen) atoms. The smallest absolute Gasteiger partial charge is 0.154 e. The van der Waals surface area contributed by atoms with E-state index in [0.29, 0.717) is 4.60 Å². The molecule has 1 aromatic heterocycles. The van der Waals surface area contributed by atoms with E-state index < -0.39 is 0 Å². The molecule has 0 radical (unpaired) electrons. The molecule has 2 N–H and O–H groups in total. The largest absolute Gasteiger partial charge is 0.359 e. The van der Waals surface area contributed by atoms with Gasteiger partial charge in [0.1, 0.15) is 4.60 Å². The second-order valence-electron chi connectivity index (χ2n) is 2.07. The Hall–Kier alpha value is -0.0600. The van der Waals surface area contributed by atoms with E-state index in [2.05, 4.69) is 21.1 Å². The first-order chi connectivity index (χ1) is 4.74. The first kappa shape index (κ1) is 10.9. The zero-order chi connectivity index (χ0) is 7.56. The molecule has 1 aromatic rings. The third-order valence-electron chi connectivity index (χ3n) is 1.30. The summed E-state index contributed by atoms with van der Waals surface area (Å²) >= 11 is 3.17. The van der Waals surface area contributed by atoms with Gasteiger partial charge in [-0.2, -0.15) is 0 Å². The molecule has 0 unspecified atom stereocenters. The van der Waals surface area contributed by atoms with Crippen molar-refractivity contribution >= 4 is 28.3 Å². The molecule has 0 aliphatic carbocycles. The normalized spacial score (nSPS) is 12.3. The lowest BCUT2D eigenvalue weighted by Crippen LogP contribution is -2.06. The molecule has 0 saturated carbocycles. The number of aromatic nitrogens is 1. The van der Waals surface area contributed by atoms with Crippen molar-refractivity contribution in [2.75, 3.05) is 0 Å². The third-order valence-corrected chi connectivity index (χ3v) is 1.68. The molecular weight excluding hydrogens is 231 g/mol. The third kappa shape index (κ3) is 2.81. The Kier molecular flexibility index (Phi) is 4.72. The first-order valence-electron chi connectivity index (χ1n) is 3.11. The van der Waals surface area contributed by atoms with E-state index in [-0.39, 0.29) is 18.4 Å². The van der Waals surface area contributed by atoms with E-state index in [1.807, 2.05) is 6.92 Å². The zero-order valence-corrected chi connectivity index (χ0v) is 8.48. The number of nitrogens with zero attached hydrogens (tertiary/aromatic N) is 1. The second kappa shape index (κ2) is 4.74. The molecule has 0 aliphatic rings. The Bertz CT molecular complexity index is 216.